The molecule has 4 bridgehead atoms. The minimum Gasteiger partial charge on any atom is -0.348 e. The van der Waals surface area contributed by atoms with Gasteiger partial charge in [0.1, 0.15) is 0 Å². The average molecular weight is 299 g/mol. The predicted molar refractivity (Wildman–Crippen MR) is 83.1 cm³/mol. The minimum absolute atomic E-state index is 0.0529. The highest BCUT2D eigenvalue weighted by molar-refractivity contribution is 5.83. The van der Waals surface area contributed by atoms with Gasteiger partial charge in [-0.15, -0.1) is 0 Å². The van der Waals surface area contributed by atoms with Gasteiger partial charge in [0.05, 0.1) is 11.7 Å². The smallest absolute Gasteiger partial charge is 0.228 e. The Balaban J connectivity index is 1.28. The van der Waals surface area contributed by atoms with Crippen LogP contribution in [0.5, 0.6) is 0 Å². The van der Waals surface area contributed by atoms with Crippen LogP contribution in [0.3, 0.4) is 0 Å². The number of hydrogen-bond acceptors (Lipinski definition) is 2. The Bertz CT molecular complexity index is 554. The van der Waals surface area contributed by atoms with Crippen LogP contribution in [0.15, 0.2) is 12.5 Å². The molecule has 2 unspecified atom stereocenters. The Morgan fingerprint density at radius 1 is 1.18 bits per heavy atom. The summed E-state index contributed by atoms with van der Waals surface area (Å²) in [6.45, 7) is 1.87. The molecule has 6 rings (SSSR count). The van der Waals surface area contributed by atoms with Crippen LogP contribution in [-0.4, -0.2) is 33.9 Å². The summed E-state index contributed by atoms with van der Waals surface area (Å²) in [6.07, 6.45) is 12.3. The number of nitrogens with one attached hydrogen (secondary N) is 1. The number of aromatic nitrogens is 2. The van der Waals surface area contributed by atoms with Gasteiger partial charge < -0.3 is 9.88 Å². The fraction of sp³-hybridized carbons (Fsp3) is 0.778. The first kappa shape index (κ1) is 13.1. The van der Waals surface area contributed by atoms with E-state index in [4.69, 9.17) is 0 Å². The standard InChI is InChI=1S/C18H25N3O/c22-17(18-7-12-5-14(8-18)15(6-12)9-18)21-3-1-13(2-4-21)16-10-19-11-20-16/h10-15H,1-9H2,(H,19,20). The Labute approximate surface area is 131 Å². The molecule has 1 saturated heterocycles. The molecule has 1 amide bonds. The van der Waals surface area contributed by atoms with E-state index in [1.54, 1.807) is 6.33 Å². The maximum absolute atomic E-state index is 13.2. The van der Waals surface area contributed by atoms with Crippen LogP contribution in [0.4, 0.5) is 0 Å². The second-order valence-electron chi connectivity index (χ2n) is 8.32. The molecule has 2 heterocycles. The fourth-order valence-electron chi connectivity index (χ4n) is 6.29. The van der Waals surface area contributed by atoms with E-state index in [0.717, 1.165) is 43.7 Å². The number of piperidine rings is 1. The molecule has 2 atom stereocenters. The Morgan fingerprint density at radius 3 is 2.50 bits per heavy atom. The normalized spacial score (nSPS) is 40.5. The highest BCUT2D eigenvalue weighted by atomic mass is 16.2. The van der Waals surface area contributed by atoms with Crippen molar-refractivity contribution < 1.29 is 4.79 Å². The topological polar surface area (TPSA) is 49.0 Å². The third kappa shape index (κ3) is 1.82. The van der Waals surface area contributed by atoms with Gasteiger partial charge in [-0.05, 0) is 62.7 Å². The summed E-state index contributed by atoms with van der Waals surface area (Å²) in [5.74, 6) is 3.69. The molecule has 1 aromatic heterocycles. The van der Waals surface area contributed by atoms with Crippen molar-refractivity contribution in [2.75, 3.05) is 13.1 Å². The van der Waals surface area contributed by atoms with E-state index in [1.807, 2.05) is 6.20 Å². The molecule has 4 heteroatoms. The van der Waals surface area contributed by atoms with E-state index in [-0.39, 0.29) is 5.41 Å². The molecule has 5 aliphatic rings. The van der Waals surface area contributed by atoms with E-state index in [9.17, 15) is 4.79 Å². The number of aromatic amines is 1. The van der Waals surface area contributed by atoms with Crippen LogP contribution in [0.1, 0.15) is 56.6 Å². The Morgan fingerprint density at radius 2 is 1.91 bits per heavy atom. The summed E-state index contributed by atoms with van der Waals surface area (Å²) in [5, 5.41) is 0. The first-order valence-electron chi connectivity index (χ1n) is 9.01. The van der Waals surface area contributed by atoms with Gasteiger partial charge in [0, 0.05) is 30.9 Å². The largest absolute Gasteiger partial charge is 0.348 e. The molecule has 1 aliphatic heterocycles. The van der Waals surface area contributed by atoms with Gasteiger partial charge in [-0.3, -0.25) is 4.79 Å². The molecular weight excluding hydrogens is 274 g/mol. The zero-order chi connectivity index (χ0) is 14.7. The lowest BCUT2D eigenvalue weighted by molar-refractivity contribution is -0.146. The van der Waals surface area contributed by atoms with Crippen LogP contribution >= 0.6 is 0 Å². The molecule has 1 N–H and O–H groups in total. The minimum atomic E-state index is 0.0529. The molecule has 4 nitrogen and oxygen atoms in total. The molecule has 1 aromatic rings. The molecule has 0 spiro atoms. The van der Waals surface area contributed by atoms with Gasteiger partial charge >= 0.3 is 0 Å². The third-order valence-corrected chi connectivity index (χ3v) is 7.12. The maximum atomic E-state index is 13.2. The van der Waals surface area contributed by atoms with E-state index in [0.29, 0.717) is 11.8 Å². The quantitative estimate of drug-likeness (QED) is 0.912. The number of nitrogens with zero attached hydrogens (tertiary/aromatic N) is 2. The monoisotopic (exact) mass is 299 g/mol. The second kappa shape index (κ2) is 4.59. The van der Waals surface area contributed by atoms with Gasteiger partial charge in [0.2, 0.25) is 5.91 Å². The van der Waals surface area contributed by atoms with Crippen molar-refractivity contribution in [2.24, 2.45) is 23.2 Å². The van der Waals surface area contributed by atoms with Crippen LogP contribution < -0.4 is 0 Å². The lowest BCUT2D eigenvalue weighted by atomic mass is 9.68. The van der Waals surface area contributed by atoms with Gasteiger partial charge in [-0.1, -0.05) is 0 Å². The predicted octanol–water partition coefficient (Wildman–Crippen LogP) is 2.94. The second-order valence-corrected chi connectivity index (χ2v) is 8.32. The van der Waals surface area contributed by atoms with Crippen LogP contribution in [0.25, 0.3) is 0 Å². The Hall–Kier alpha value is -1.32. The lowest BCUT2D eigenvalue weighted by Gasteiger charge is -2.42. The van der Waals surface area contributed by atoms with Gasteiger partial charge in [0.25, 0.3) is 0 Å². The van der Waals surface area contributed by atoms with Crippen molar-refractivity contribution >= 4 is 5.91 Å². The van der Waals surface area contributed by atoms with E-state index >= 15 is 0 Å². The maximum Gasteiger partial charge on any atom is 0.228 e. The van der Waals surface area contributed by atoms with E-state index in [1.165, 1.54) is 37.8 Å². The zero-order valence-electron chi connectivity index (χ0n) is 13.1. The van der Waals surface area contributed by atoms with Crippen LogP contribution in [0, 0.1) is 23.2 Å². The fourth-order valence-corrected chi connectivity index (χ4v) is 6.29. The SMILES string of the molecule is O=C(N1CCC(c2cnc[nH]2)CC1)C12CC3CC(C1)C(C3)C2. The summed E-state index contributed by atoms with van der Waals surface area (Å²) >= 11 is 0. The summed E-state index contributed by atoms with van der Waals surface area (Å²) in [4.78, 5) is 22.8. The first-order chi connectivity index (χ1) is 10.7. The van der Waals surface area contributed by atoms with Crippen LogP contribution in [-0.2, 0) is 4.79 Å². The number of imidazole rings is 1. The van der Waals surface area contributed by atoms with Crippen molar-refractivity contribution in [1.82, 2.24) is 14.9 Å². The average Bonchev–Trinajstić information content (AvgIpc) is 3.21. The third-order valence-electron chi connectivity index (χ3n) is 7.12. The van der Waals surface area contributed by atoms with Crippen molar-refractivity contribution in [2.45, 2.75) is 50.9 Å². The summed E-state index contributed by atoms with van der Waals surface area (Å²) in [7, 11) is 0. The van der Waals surface area contributed by atoms with Crippen molar-refractivity contribution in [3.05, 3.63) is 18.2 Å². The van der Waals surface area contributed by atoms with Crippen molar-refractivity contribution in [3.63, 3.8) is 0 Å². The zero-order valence-corrected chi connectivity index (χ0v) is 13.1. The number of likely N-dealkylation sites (tertiary alicyclic amines) is 1. The number of rotatable bonds is 2. The highest BCUT2D eigenvalue weighted by Gasteiger charge is 2.59. The molecule has 118 valence electrons. The van der Waals surface area contributed by atoms with E-state index < -0.39 is 0 Å². The van der Waals surface area contributed by atoms with Crippen molar-refractivity contribution in [3.8, 4) is 0 Å². The van der Waals surface area contributed by atoms with E-state index in [2.05, 4.69) is 14.9 Å². The van der Waals surface area contributed by atoms with Crippen molar-refractivity contribution in [1.29, 1.82) is 0 Å². The molecule has 0 aromatic carbocycles. The number of amides is 1. The lowest BCUT2D eigenvalue weighted by Crippen LogP contribution is -2.48. The summed E-state index contributed by atoms with van der Waals surface area (Å²) in [5.41, 5.74) is 1.29. The molecule has 5 fully saturated rings. The van der Waals surface area contributed by atoms with Gasteiger partial charge in [-0.2, -0.15) is 0 Å². The molecule has 4 saturated carbocycles. The number of hydrogen-bond donors (Lipinski definition) is 1. The molecule has 4 aliphatic carbocycles. The first-order valence-corrected chi connectivity index (χ1v) is 9.01. The summed E-state index contributed by atoms with van der Waals surface area (Å²) in [6, 6.07) is 0. The van der Waals surface area contributed by atoms with Gasteiger partial charge in [0.15, 0.2) is 0 Å². The highest BCUT2D eigenvalue weighted by Crippen LogP contribution is 2.64. The molecule has 22 heavy (non-hydrogen) atoms. The van der Waals surface area contributed by atoms with Crippen LogP contribution in [0.2, 0.25) is 0 Å². The molecular formula is C18H25N3O. The Kier molecular flexibility index (Phi) is 2.74. The number of carbonyl (C=O) groups excluding carboxylic acids is 1. The number of H-pyrrole nitrogens is 1. The molecule has 0 radical (unpaired) electrons. The van der Waals surface area contributed by atoms with Gasteiger partial charge in [-0.25, -0.2) is 4.98 Å². The summed E-state index contributed by atoms with van der Waals surface area (Å²) < 4.78 is 0. The number of carbonyl (C=O) groups is 1.